The van der Waals surface area contributed by atoms with Gasteiger partial charge in [-0.05, 0) is 13.0 Å². The highest BCUT2D eigenvalue weighted by Crippen LogP contribution is 1.91. The second-order valence-corrected chi connectivity index (χ2v) is 2.93. The topological polar surface area (TPSA) is 53.2 Å². The molecule has 0 aromatic carbocycles. The Hall–Kier alpha value is -0.610. The van der Waals surface area contributed by atoms with Crippen molar-refractivity contribution in [2.24, 2.45) is 0 Å². The first-order valence-electron chi connectivity index (χ1n) is 5.03. The number of hydrogen-bond acceptors (Lipinski definition) is 3. The maximum Gasteiger partial charge on any atom is 0.234 e. The van der Waals surface area contributed by atoms with Crippen LogP contribution in [0.1, 0.15) is 33.1 Å². The fourth-order valence-corrected chi connectivity index (χ4v) is 0.889. The molecule has 4 heteroatoms. The zero-order valence-electron chi connectivity index (χ0n) is 8.65. The molecule has 0 aromatic heterocycles. The van der Waals surface area contributed by atoms with Crippen LogP contribution in [0.3, 0.4) is 0 Å². The van der Waals surface area contributed by atoms with Crippen LogP contribution in [0.5, 0.6) is 0 Å². The van der Waals surface area contributed by atoms with Crippen LogP contribution < -0.4 is 16.2 Å². The van der Waals surface area contributed by atoms with Gasteiger partial charge in [-0.15, -0.1) is 0 Å². The van der Waals surface area contributed by atoms with Crippen LogP contribution in [-0.4, -0.2) is 25.5 Å². The second kappa shape index (κ2) is 9.48. The van der Waals surface area contributed by atoms with Crippen LogP contribution in [0.4, 0.5) is 0 Å². The number of hydrazine groups is 1. The molecule has 0 bridgehead atoms. The number of carbonyl (C=O) groups excluding carboxylic acids is 1. The number of hydrogen-bond donors (Lipinski definition) is 3. The monoisotopic (exact) mass is 187 g/mol. The third-order valence-electron chi connectivity index (χ3n) is 1.66. The minimum Gasteiger partial charge on any atom is -0.316 e. The summed E-state index contributed by atoms with van der Waals surface area (Å²) in [5.74, 6) is 0.0818. The number of carbonyl (C=O) groups is 1. The average molecular weight is 187 g/mol. The first kappa shape index (κ1) is 12.4. The van der Waals surface area contributed by atoms with Crippen LogP contribution in [0, 0.1) is 0 Å². The number of nitrogens with one attached hydrogen (secondary N) is 3. The molecule has 3 N–H and O–H groups in total. The molecule has 0 saturated carbocycles. The van der Waals surface area contributed by atoms with Gasteiger partial charge in [-0.25, -0.2) is 5.43 Å². The van der Waals surface area contributed by atoms with E-state index in [-0.39, 0.29) is 5.91 Å². The number of rotatable bonds is 8. The Bertz CT molecular complexity index is 128. The highest BCUT2D eigenvalue weighted by Gasteiger charge is 1.97. The molecule has 13 heavy (non-hydrogen) atoms. The Morgan fingerprint density at radius 3 is 2.62 bits per heavy atom. The Morgan fingerprint density at radius 1 is 1.23 bits per heavy atom. The molecule has 1 amide bonds. The van der Waals surface area contributed by atoms with Crippen LogP contribution in [-0.2, 0) is 4.79 Å². The van der Waals surface area contributed by atoms with Gasteiger partial charge in [0.15, 0.2) is 0 Å². The zero-order chi connectivity index (χ0) is 9.94. The molecule has 0 aliphatic rings. The first-order chi connectivity index (χ1) is 6.31. The molecule has 0 heterocycles. The molecule has 0 saturated heterocycles. The Balaban J connectivity index is 3.08. The van der Waals surface area contributed by atoms with Crippen LogP contribution in [0.15, 0.2) is 0 Å². The SMILES string of the molecule is CCCCC(=O)NNCCNCC. The van der Waals surface area contributed by atoms with E-state index in [1.54, 1.807) is 0 Å². The first-order valence-corrected chi connectivity index (χ1v) is 5.03. The molecule has 0 unspecified atom stereocenters. The summed E-state index contributed by atoms with van der Waals surface area (Å²) in [5.41, 5.74) is 5.51. The Labute approximate surface area is 80.4 Å². The Kier molecular flexibility index (Phi) is 9.03. The lowest BCUT2D eigenvalue weighted by Gasteiger charge is -2.06. The summed E-state index contributed by atoms with van der Waals surface area (Å²) in [6, 6.07) is 0. The third kappa shape index (κ3) is 9.30. The lowest BCUT2D eigenvalue weighted by Crippen LogP contribution is -2.41. The van der Waals surface area contributed by atoms with Gasteiger partial charge < -0.3 is 5.32 Å². The molecule has 0 spiro atoms. The summed E-state index contributed by atoms with van der Waals surface area (Å²) in [4.78, 5) is 11.0. The van der Waals surface area contributed by atoms with Crippen molar-refractivity contribution >= 4 is 5.91 Å². The highest BCUT2D eigenvalue weighted by molar-refractivity contribution is 5.75. The fraction of sp³-hybridized carbons (Fsp3) is 0.889. The molecule has 0 atom stereocenters. The van der Waals surface area contributed by atoms with E-state index < -0.39 is 0 Å². The normalized spacial score (nSPS) is 10.0. The van der Waals surface area contributed by atoms with Gasteiger partial charge in [0, 0.05) is 19.5 Å². The van der Waals surface area contributed by atoms with Crippen molar-refractivity contribution in [3.05, 3.63) is 0 Å². The third-order valence-corrected chi connectivity index (χ3v) is 1.66. The molecule has 0 fully saturated rings. The minimum absolute atomic E-state index is 0.0818. The van der Waals surface area contributed by atoms with Gasteiger partial charge in [-0.2, -0.15) is 0 Å². The lowest BCUT2D eigenvalue weighted by molar-refractivity contribution is -0.122. The van der Waals surface area contributed by atoms with Gasteiger partial charge in [0.05, 0.1) is 0 Å². The van der Waals surface area contributed by atoms with E-state index in [1.165, 1.54) is 0 Å². The lowest BCUT2D eigenvalue weighted by atomic mass is 10.2. The summed E-state index contributed by atoms with van der Waals surface area (Å²) in [5, 5.41) is 3.15. The van der Waals surface area contributed by atoms with Gasteiger partial charge in [0.1, 0.15) is 0 Å². The largest absolute Gasteiger partial charge is 0.316 e. The van der Waals surface area contributed by atoms with Crippen molar-refractivity contribution in [2.75, 3.05) is 19.6 Å². The molecule has 0 radical (unpaired) electrons. The summed E-state index contributed by atoms with van der Waals surface area (Å²) < 4.78 is 0. The average Bonchev–Trinajstić information content (AvgIpc) is 2.14. The van der Waals surface area contributed by atoms with E-state index in [0.29, 0.717) is 6.42 Å². The van der Waals surface area contributed by atoms with Crippen molar-refractivity contribution in [1.29, 1.82) is 0 Å². The number of unbranched alkanes of at least 4 members (excludes halogenated alkanes) is 1. The van der Waals surface area contributed by atoms with Crippen LogP contribution in [0.25, 0.3) is 0 Å². The van der Waals surface area contributed by atoms with E-state index in [2.05, 4.69) is 30.0 Å². The molecule has 0 aliphatic heterocycles. The zero-order valence-corrected chi connectivity index (χ0v) is 8.65. The molecule has 0 aromatic rings. The fourth-order valence-electron chi connectivity index (χ4n) is 0.889. The van der Waals surface area contributed by atoms with Gasteiger partial charge in [-0.1, -0.05) is 20.3 Å². The molecule has 0 rings (SSSR count). The van der Waals surface area contributed by atoms with Crippen molar-refractivity contribution in [3.8, 4) is 0 Å². The minimum atomic E-state index is 0.0818. The quantitative estimate of drug-likeness (QED) is 0.381. The highest BCUT2D eigenvalue weighted by atomic mass is 16.2. The van der Waals surface area contributed by atoms with Crippen LogP contribution >= 0.6 is 0 Å². The summed E-state index contributed by atoms with van der Waals surface area (Å²) >= 11 is 0. The predicted molar refractivity (Wildman–Crippen MR) is 54.2 cm³/mol. The van der Waals surface area contributed by atoms with E-state index in [4.69, 9.17) is 0 Å². The molecule has 78 valence electrons. The van der Waals surface area contributed by atoms with Gasteiger partial charge in [0.2, 0.25) is 5.91 Å². The number of likely N-dealkylation sites (N-methyl/N-ethyl adjacent to an activating group) is 1. The maximum atomic E-state index is 11.0. The maximum absolute atomic E-state index is 11.0. The molecule has 0 aliphatic carbocycles. The van der Waals surface area contributed by atoms with E-state index in [9.17, 15) is 4.79 Å². The number of amides is 1. The summed E-state index contributed by atoms with van der Waals surface area (Å²) in [6.45, 7) is 6.74. The van der Waals surface area contributed by atoms with Gasteiger partial charge in [0.25, 0.3) is 0 Å². The van der Waals surface area contributed by atoms with Crippen molar-refractivity contribution in [3.63, 3.8) is 0 Å². The van der Waals surface area contributed by atoms with Crippen LogP contribution in [0.2, 0.25) is 0 Å². The van der Waals surface area contributed by atoms with Gasteiger partial charge >= 0.3 is 0 Å². The smallest absolute Gasteiger partial charge is 0.234 e. The van der Waals surface area contributed by atoms with E-state index in [0.717, 1.165) is 32.5 Å². The van der Waals surface area contributed by atoms with Crippen molar-refractivity contribution in [2.45, 2.75) is 33.1 Å². The Morgan fingerprint density at radius 2 is 2.00 bits per heavy atom. The van der Waals surface area contributed by atoms with E-state index in [1.807, 2.05) is 0 Å². The standard InChI is InChI=1S/C9H21N3O/c1-3-5-6-9(13)12-11-8-7-10-4-2/h10-11H,3-8H2,1-2H3,(H,12,13). The predicted octanol–water partition coefficient (Wildman–Crippen LogP) is 0.407. The van der Waals surface area contributed by atoms with E-state index >= 15 is 0 Å². The van der Waals surface area contributed by atoms with Crippen molar-refractivity contribution < 1.29 is 4.79 Å². The summed E-state index contributed by atoms with van der Waals surface area (Å²) in [6.07, 6.45) is 2.64. The van der Waals surface area contributed by atoms with Gasteiger partial charge in [-0.3, -0.25) is 10.2 Å². The van der Waals surface area contributed by atoms with Crippen molar-refractivity contribution in [1.82, 2.24) is 16.2 Å². The molecular formula is C9H21N3O. The summed E-state index contributed by atoms with van der Waals surface area (Å²) in [7, 11) is 0. The second-order valence-electron chi connectivity index (χ2n) is 2.93. The molecular weight excluding hydrogens is 166 g/mol. The molecule has 4 nitrogen and oxygen atoms in total.